The number of hydrogen-bond donors (Lipinski definition) is 2. The molecule has 0 radical (unpaired) electrons. The molecule has 0 bridgehead atoms. The average molecular weight is 173 g/mol. The van der Waals surface area contributed by atoms with Crippen LogP contribution in [0.1, 0.15) is 26.7 Å². The van der Waals surface area contributed by atoms with Crippen molar-refractivity contribution in [3.63, 3.8) is 0 Å². The minimum atomic E-state index is 0.0611. The van der Waals surface area contributed by atoms with Gasteiger partial charge in [0.2, 0.25) is 0 Å². The van der Waals surface area contributed by atoms with Crippen LogP contribution in [0, 0.1) is 0 Å². The van der Waals surface area contributed by atoms with Crippen LogP contribution < -0.4 is 5.32 Å². The Morgan fingerprint density at radius 2 is 2.33 bits per heavy atom. The molecule has 1 unspecified atom stereocenters. The molecule has 1 heterocycles. The van der Waals surface area contributed by atoms with Crippen LogP contribution in [0.3, 0.4) is 0 Å². The summed E-state index contributed by atoms with van der Waals surface area (Å²) in [4.78, 5) is 0. The summed E-state index contributed by atoms with van der Waals surface area (Å²) in [6.07, 6.45) is 2.61. The first-order valence-corrected chi connectivity index (χ1v) is 4.63. The molecule has 0 aromatic carbocycles. The van der Waals surface area contributed by atoms with Gasteiger partial charge in [-0.2, -0.15) is 0 Å². The van der Waals surface area contributed by atoms with Crippen molar-refractivity contribution in [2.75, 3.05) is 19.7 Å². The highest BCUT2D eigenvalue weighted by atomic mass is 16.5. The summed E-state index contributed by atoms with van der Waals surface area (Å²) in [7, 11) is 0. The fourth-order valence-electron chi connectivity index (χ4n) is 1.56. The Labute approximate surface area is 74.1 Å². The van der Waals surface area contributed by atoms with Gasteiger partial charge in [0.15, 0.2) is 0 Å². The van der Waals surface area contributed by atoms with Crippen molar-refractivity contribution in [3.8, 4) is 0 Å². The monoisotopic (exact) mass is 173 g/mol. The molecule has 0 saturated carbocycles. The smallest absolute Gasteiger partial charge is 0.0707 e. The molecule has 1 fully saturated rings. The maximum absolute atomic E-state index is 8.54. The van der Waals surface area contributed by atoms with Gasteiger partial charge in [0.1, 0.15) is 0 Å². The van der Waals surface area contributed by atoms with Crippen molar-refractivity contribution < 1.29 is 9.84 Å². The van der Waals surface area contributed by atoms with Crippen LogP contribution in [0.15, 0.2) is 0 Å². The van der Waals surface area contributed by atoms with E-state index in [0.29, 0.717) is 12.6 Å². The van der Waals surface area contributed by atoms with Gasteiger partial charge in [-0.05, 0) is 26.7 Å². The van der Waals surface area contributed by atoms with E-state index in [2.05, 4.69) is 19.2 Å². The minimum absolute atomic E-state index is 0.0611. The Kier molecular flexibility index (Phi) is 3.50. The first kappa shape index (κ1) is 9.96. The van der Waals surface area contributed by atoms with Crippen LogP contribution in [0.25, 0.3) is 0 Å². The van der Waals surface area contributed by atoms with E-state index < -0.39 is 0 Å². The van der Waals surface area contributed by atoms with Gasteiger partial charge in [-0.15, -0.1) is 0 Å². The lowest BCUT2D eigenvalue weighted by Crippen LogP contribution is -2.30. The zero-order chi connectivity index (χ0) is 9.03. The van der Waals surface area contributed by atoms with Crippen LogP contribution in [0.5, 0.6) is 0 Å². The number of nitrogens with one attached hydrogen (secondary N) is 1. The fourth-order valence-corrected chi connectivity index (χ4v) is 1.56. The molecule has 12 heavy (non-hydrogen) atoms. The number of aliphatic hydroxyl groups is 1. The van der Waals surface area contributed by atoms with Crippen LogP contribution >= 0.6 is 0 Å². The molecule has 3 nitrogen and oxygen atoms in total. The van der Waals surface area contributed by atoms with Crippen LogP contribution in [0.4, 0.5) is 0 Å². The predicted octanol–water partition coefficient (Wildman–Crippen LogP) is 0.526. The quantitative estimate of drug-likeness (QED) is 0.609. The van der Waals surface area contributed by atoms with Crippen molar-refractivity contribution >= 4 is 0 Å². The first-order valence-electron chi connectivity index (χ1n) is 4.63. The first-order chi connectivity index (χ1) is 5.64. The lowest BCUT2D eigenvalue weighted by molar-refractivity contribution is -0.0143. The van der Waals surface area contributed by atoms with Gasteiger partial charge in [0.05, 0.1) is 18.3 Å². The van der Waals surface area contributed by atoms with E-state index >= 15 is 0 Å². The molecule has 1 saturated heterocycles. The third-order valence-electron chi connectivity index (χ3n) is 2.21. The zero-order valence-corrected chi connectivity index (χ0v) is 7.97. The van der Waals surface area contributed by atoms with E-state index in [1.165, 1.54) is 0 Å². The highest BCUT2D eigenvalue weighted by Gasteiger charge is 2.30. The molecular formula is C9H19NO2. The normalized spacial score (nSPS) is 27.8. The summed E-state index contributed by atoms with van der Waals surface area (Å²) >= 11 is 0. The molecule has 1 atom stereocenters. The van der Waals surface area contributed by atoms with Gasteiger partial charge in [0, 0.05) is 13.1 Å². The molecule has 2 N–H and O–H groups in total. The lowest BCUT2D eigenvalue weighted by Gasteiger charge is -2.19. The van der Waals surface area contributed by atoms with Gasteiger partial charge in [0.25, 0.3) is 0 Å². The second-order valence-corrected chi connectivity index (χ2v) is 3.97. The number of hydrogen-bond acceptors (Lipinski definition) is 3. The third-order valence-corrected chi connectivity index (χ3v) is 2.21. The van der Waals surface area contributed by atoms with Gasteiger partial charge < -0.3 is 15.2 Å². The summed E-state index contributed by atoms with van der Waals surface area (Å²) in [6, 6.07) is 0. The Hall–Kier alpha value is -0.120. The number of ether oxygens (including phenoxy) is 1. The molecule has 0 amide bonds. The lowest BCUT2D eigenvalue weighted by atomic mass is 10.1. The third kappa shape index (κ3) is 3.09. The van der Waals surface area contributed by atoms with E-state index in [9.17, 15) is 0 Å². The fraction of sp³-hybridized carbons (Fsp3) is 1.00. The van der Waals surface area contributed by atoms with Crippen molar-refractivity contribution in [1.82, 2.24) is 5.32 Å². The Morgan fingerprint density at radius 3 is 2.83 bits per heavy atom. The highest BCUT2D eigenvalue weighted by Crippen LogP contribution is 2.28. The van der Waals surface area contributed by atoms with Crippen molar-refractivity contribution in [1.29, 1.82) is 0 Å². The maximum Gasteiger partial charge on any atom is 0.0707 e. The molecule has 1 aliphatic heterocycles. The van der Waals surface area contributed by atoms with Crippen molar-refractivity contribution in [2.45, 2.75) is 38.4 Å². The topological polar surface area (TPSA) is 41.5 Å². The van der Waals surface area contributed by atoms with Crippen LogP contribution in [-0.4, -0.2) is 36.5 Å². The molecule has 0 aromatic heterocycles. The predicted molar refractivity (Wildman–Crippen MR) is 48.1 cm³/mol. The summed E-state index contributed by atoms with van der Waals surface area (Å²) in [6.45, 7) is 5.98. The Morgan fingerprint density at radius 1 is 1.58 bits per heavy atom. The molecule has 72 valence electrons. The van der Waals surface area contributed by atoms with Crippen LogP contribution in [-0.2, 0) is 4.74 Å². The molecule has 3 heteroatoms. The molecule has 0 spiro atoms. The number of rotatable bonds is 4. The summed E-state index contributed by atoms with van der Waals surface area (Å²) < 4.78 is 5.75. The van der Waals surface area contributed by atoms with Gasteiger partial charge in [-0.1, -0.05) is 0 Å². The summed E-state index contributed by atoms with van der Waals surface area (Å²) in [5.74, 6) is 0. The SMILES string of the molecule is CC1(C)CCC(CNCCO)O1. The standard InChI is InChI=1S/C9H19NO2/c1-9(2)4-3-8(12-9)7-10-5-6-11/h8,10-11H,3-7H2,1-2H3. The molecular weight excluding hydrogens is 154 g/mol. The molecule has 0 aromatic rings. The molecule has 1 aliphatic rings. The Balaban J connectivity index is 2.11. The largest absolute Gasteiger partial charge is 0.395 e. The van der Waals surface area contributed by atoms with E-state index in [1.807, 2.05) is 0 Å². The number of aliphatic hydroxyl groups excluding tert-OH is 1. The zero-order valence-electron chi connectivity index (χ0n) is 7.97. The van der Waals surface area contributed by atoms with Crippen LogP contribution in [0.2, 0.25) is 0 Å². The van der Waals surface area contributed by atoms with E-state index in [1.54, 1.807) is 0 Å². The van der Waals surface area contributed by atoms with E-state index in [4.69, 9.17) is 9.84 Å². The van der Waals surface area contributed by atoms with Gasteiger partial charge in [-0.25, -0.2) is 0 Å². The summed E-state index contributed by atoms with van der Waals surface area (Å²) in [5, 5.41) is 11.7. The van der Waals surface area contributed by atoms with Crippen molar-refractivity contribution in [3.05, 3.63) is 0 Å². The molecule has 1 rings (SSSR count). The van der Waals surface area contributed by atoms with Crippen molar-refractivity contribution in [2.24, 2.45) is 0 Å². The summed E-state index contributed by atoms with van der Waals surface area (Å²) in [5.41, 5.74) is 0.0611. The Bertz CT molecular complexity index is 136. The maximum atomic E-state index is 8.54. The second-order valence-electron chi connectivity index (χ2n) is 3.97. The van der Waals surface area contributed by atoms with E-state index in [-0.39, 0.29) is 12.2 Å². The second kappa shape index (κ2) is 4.21. The van der Waals surface area contributed by atoms with Gasteiger partial charge in [-0.3, -0.25) is 0 Å². The highest BCUT2D eigenvalue weighted by molar-refractivity contribution is 4.81. The van der Waals surface area contributed by atoms with Gasteiger partial charge >= 0.3 is 0 Å². The minimum Gasteiger partial charge on any atom is -0.395 e. The van der Waals surface area contributed by atoms with E-state index in [0.717, 1.165) is 19.4 Å². The molecule has 0 aliphatic carbocycles. The average Bonchev–Trinajstić information content (AvgIpc) is 2.31.